The molecular weight excluding hydrogens is 378 g/mol. The molecule has 0 saturated carbocycles. The van der Waals surface area contributed by atoms with Crippen LogP contribution < -0.4 is 9.64 Å². The van der Waals surface area contributed by atoms with E-state index in [0.717, 1.165) is 10.5 Å². The lowest BCUT2D eigenvalue weighted by molar-refractivity contribution is -0.137. The summed E-state index contributed by atoms with van der Waals surface area (Å²) >= 11 is 7.35. The number of ether oxygens (including phenoxy) is 1. The highest BCUT2D eigenvalue weighted by Crippen LogP contribution is 2.46. The number of amides is 1. The van der Waals surface area contributed by atoms with Crippen LogP contribution in [-0.2, 0) is 9.59 Å². The Morgan fingerprint density at radius 2 is 1.96 bits per heavy atom. The summed E-state index contributed by atoms with van der Waals surface area (Å²) in [5.74, 6) is -1.18. The zero-order valence-corrected chi connectivity index (χ0v) is 15.3. The molecule has 2 N–H and O–H groups in total. The van der Waals surface area contributed by atoms with Gasteiger partial charge in [-0.2, -0.15) is 0 Å². The highest BCUT2D eigenvalue weighted by atomic mass is 35.5. The highest BCUT2D eigenvalue weighted by molar-refractivity contribution is 7.99. The molecule has 0 saturated heterocycles. The molecule has 6 nitrogen and oxygen atoms in total. The fourth-order valence-electron chi connectivity index (χ4n) is 2.76. The minimum absolute atomic E-state index is 0.418. The van der Waals surface area contributed by atoms with Crippen molar-refractivity contribution in [1.29, 1.82) is 0 Å². The van der Waals surface area contributed by atoms with Gasteiger partial charge in [0.15, 0.2) is 0 Å². The van der Waals surface area contributed by atoms with Gasteiger partial charge in [0.05, 0.1) is 18.0 Å². The number of halogens is 1. The summed E-state index contributed by atoms with van der Waals surface area (Å²) < 4.78 is 5.13. The number of fused-ring (bicyclic) bond motifs is 1. The van der Waals surface area contributed by atoms with E-state index in [2.05, 4.69) is 0 Å². The lowest BCUT2D eigenvalue weighted by Crippen LogP contribution is -2.43. The third-order valence-electron chi connectivity index (χ3n) is 4.01. The molecule has 1 amide bonds. The van der Waals surface area contributed by atoms with Gasteiger partial charge in [-0.25, -0.2) is 0 Å². The Kier molecular flexibility index (Phi) is 5.41. The Hall–Kier alpha value is -2.22. The third-order valence-corrected chi connectivity index (χ3v) is 5.61. The monoisotopic (exact) mass is 393 g/mol. The van der Waals surface area contributed by atoms with Crippen LogP contribution >= 0.6 is 23.4 Å². The molecule has 26 heavy (non-hydrogen) atoms. The number of hydrogen-bond donors (Lipinski definition) is 2. The number of carbonyl (C=O) groups is 2. The summed E-state index contributed by atoms with van der Waals surface area (Å²) in [6, 6.07) is 11.9. The number of benzene rings is 2. The van der Waals surface area contributed by atoms with Gasteiger partial charge >= 0.3 is 5.97 Å². The SMILES string of the molecule is COc1ccc([C@@H]2Sc3cc(Cl)ccc3N(CC(=O)O)C(=O)[C@@H]2O)cc1. The van der Waals surface area contributed by atoms with Crippen LogP contribution in [0.2, 0.25) is 5.02 Å². The summed E-state index contributed by atoms with van der Waals surface area (Å²) in [6.45, 7) is -0.541. The average Bonchev–Trinajstić information content (AvgIpc) is 2.72. The maximum absolute atomic E-state index is 12.8. The van der Waals surface area contributed by atoms with E-state index in [1.165, 1.54) is 11.8 Å². The van der Waals surface area contributed by atoms with E-state index in [0.29, 0.717) is 21.4 Å². The quantitative estimate of drug-likeness (QED) is 0.830. The van der Waals surface area contributed by atoms with E-state index >= 15 is 0 Å². The largest absolute Gasteiger partial charge is 0.497 e. The van der Waals surface area contributed by atoms with E-state index in [4.69, 9.17) is 21.4 Å². The minimum atomic E-state index is -1.40. The summed E-state index contributed by atoms with van der Waals surface area (Å²) in [5, 5.41) is 19.7. The Morgan fingerprint density at radius 3 is 2.58 bits per heavy atom. The Bertz CT molecular complexity index is 842. The Morgan fingerprint density at radius 1 is 1.27 bits per heavy atom. The van der Waals surface area contributed by atoms with Crippen LogP contribution in [0, 0.1) is 0 Å². The molecular formula is C18H16ClNO5S. The maximum Gasteiger partial charge on any atom is 0.323 e. The Balaban J connectivity index is 2.06. The molecule has 2 aromatic carbocycles. The number of nitrogens with zero attached hydrogens (tertiary/aromatic N) is 1. The second-order valence-electron chi connectivity index (χ2n) is 5.69. The molecule has 1 aliphatic heterocycles. The van der Waals surface area contributed by atoms with E-state index < -0.39 is 29.8 Å². The van der Waals surface area contributed by atoms with Gasteiger partial charge in [0, 0.05) is 9.92 Å². The maximum atomic E-state index is 12.8. The van der Waals surface area contributed by atoms with Crippen molar-refractivity contribution in [1.82, 2.24) is 0 Å². The van der Waals surface area contributed by atoms with Crippen LogP contribution in [0.1, 0.15) is 10.8 Å². The smallest absolute Gasteiger partial charge is 0.323 e. The zero-order chi connectivity index (χ0) is 18.8. The lowest BCUT2D eigenvalue weighted by Gasteiger charge is -2.23. The molecule has 0 fully saturated rings. The zero-order valence-electron chi connectivity index (χ0n) is 13.8. The van der Waals surface area contributed by atoms with Crippen LogP contribution in [0.15, 0.2) is 47.4 Å². The lowest BCUT2D eigenvalue weighted by atomic mass is 10.1. The molecule has 0 radical (unpaired) electrons. The van der Waals surface area contributed by atoms with Crippen molar-refractivity contribution in [2.24, 2.45) is 0 Å². The summed E-state index contributed by atoms with van der Waals surface area (Å²) in [6.07, 6.45) is -1.40. The number of methoxy groups -OCH3 is 1. The minimum Gasteiger partial charge on any atom is -0.497 e. The number of aliphatic hydroxyl groups excluding tert-OH is 1. The number of aliphatic carboxylic acids is 1. The standard InChI is InChI=1S/C18H16ClNO5S/c1-25-12-5-2-10(3-6-12)17-16(23)18(24)20(9-15(21)22)13-7-4-11(19)8-14(13)26-17/h2-8,16-17,23H,9H2,1H3,(H,21,22)/t16-,17+/m1/s1. The van der Waals surface area contributed by atoms with Gasteiger partial charge in [0.25, 0.3) is 5.91 Å². The first-order valence-corrected chi connectivity index (χ1v) is 8.98. The molecule has 0 aliphatic carbocycles. The number of carboxylic acids is 1. The number of rotatable bonds is 4. The van der Waals surface area contributed by atoms with Gasteiger partial charge in [-0.05, 0) is 35.9 Å². The Labute approximate surface area is 159 Å². The van der Waals surface area contributed by atoms with Crippen LogP contribution in [0.5, 0.6) is 5.75 Å². The van der Waals surface area contributed by atoms with Crippen molar-refractivity contribution in [2.45, 2.75) is 16.2 Å². The molecule has 2 aromatic rings. The van der Waals surface area contributed by atoms with Gasteiger partial charge in [0.1, 0.15) is 18.4 Å². The van der Waals surface area contributed by atoms with Crippen molar-refractivity contribution in [2.75, 3.05) is 18.6 Å². The first-order valence-electron chi connectivity index (χ1n) is 7.72. The summed E-state index contributed by atoms with van der Waals surface area (Å²) in [7, 11) is 1.55. The van der Waals surface area contributed by atoms with Crippen LogP contribution in [0.4, 0.5) is 5.69 Å². The predicted octanol–water partition coefficient (Wildman–Crippen LogP) is 2.97. The molecule has 0 spiro atoms. The molecule has 3 rings (SSSR count). The fraction of sp³-hybridized carbons (Fsp3) is 0.222. The number of carbonyl (C=O) groups excluding carboxylic acids is 1. The van der Waals surface area contributed by atoms with Crippen molar-refractivity contribution in [3.8, 4) is 5.75 Å². The van der Waals surface area contributed by atoms with E-state index in [9.17, 15) is 14.7 Å². The molecule has 1 heterocycles. The molecule has 0 unspecified atom stereocenters. The molecule has 1 aliphatic rings. The van der Waals surface area contributed by atoms with E-state index in [-0.39, 0.29) is 0 Å². The van der Waals surface area contributed by atoms with Crippen molar-refractivity contribution < 1.29 is 24.5 Å². The molecule has 2 atom stereocenters. The molecule has 136 valence electrons. The second kappa shape index (κ2) is 7.57. The first kappa shape index (κ1) is 18.6. The van der Waals surface area contributed by atoms with E-state index in [1.54, 1.807) is 49.6 Å². The van der Waals surface area contributed by atoms with Gasteiger partial charge < -0.3 is 14.9 Å². The van der Waals surface area contributed by atoms with E-state index in [1.807, 2.05) is 0 Å². The van der Waals surface area contributed by atoms with Crippen molar-refractivity contribution in [3.63, 3.8) is 0 Å². The topological polar surface area (TPSA) is 87.1 Å². The average molecular weight is 394 g/mol. The molecule has 0 bridgehead atoms. The number of aliphatic hydroxyl groups is 1. The van der Waals surface area contributed by atoms with Gasteiger partial charge in [-0.15, -0.1) is 11.8 Å². The number of anilines is 1. The predicted molar refractivity (Wildman–Crippen MR) is 99.0 cm³/mol. The molecule has 0 aromatic heterocycles. The van der Waals surface area contributed by atoms with Gasteiger partial charge in [-0.1, -0.05) is 23.7 Å². The highest BCUT2D eigenvalue weighted by Gasteiger charge is 2.38. The van der Waals surface area contributed by atoms with Crippen LogP contribution in [-0.4, -0.2) is 41.8 Å². The van der Waals surface area contributed by atoms with Crippen LogP contribution in [0.3, 0.4) is 0 Å². The third kappa shape index (κ3) is 3.65. The second-order valence-corrected chi connectivity index (χ2v) is 7.31. The number of hydrogen-bond acceptors (Lipinski definition) is 5. The molecule has 8 heteroatoms. The van der Waals surface area contributed by atoms with Crippen LogP contribution in [0.25, 0.3) is 0 Å². The summed E-state index contributed by atoms with van der Waals surface area (Å²) in [5.41, 5.74) is 1.14. The summed E-state index contributed by atoms with van der Waals surface area (Å²) in [4.78, 5) is 25.7. The number of thioether (sulfide) groups is 1. The van der Waals surface area contributed by atoms with Crippen molar-refractivity contribution in [3.05, 3.63) is 53.1 Å². The number of carboxylic acid groups (broad SMARTS) is 1. The van der Waals surface area contributed by atoms with Gasteiger partial charge in [-0.3, -0.25) is 14.5 Å². The van der Waals surface area contributed by atoms with Crippen molar-refractivity contribution >= 4 is 40.9 Å². The normalized spacial score (nSPS) is 19.7. The van der Waals surface area contributed by atoms with Gasteiger partial charge in [0.2, 0.25) is 0 Å². The first-order chi connectivity index (χ1) is 12.4. The fourth-order valence-corrected chi connectivity index (χ4v) is 4.30.